The van der Waals surface area contributed by atoms with E-state index in [-0.39, 0.29) is 27.7 Å². The lowest BCUT2D eigenvalue weighted by Crippen LogP contribution is -2.30. The van der Waals surface area contributed by atoms with Crippen LogP contribution in [0.15, 0.2) is 53.0 Å². The van der Waals surface area contributed by atoms with E-state index in [2.05, 4.69) is 4.98 Å². The van der Waals surface area contributed by atoms with Gasteiger partial charge in [-0.15, -0.1) is 0 Å². The number of ether oxygens (including phenoxy) is 1. The highest BCUT2D eigenvalue weighted by Crippen LogP contribution is 2.36. The van der Waals surface area contributed by atoms with Crippen molar-refractivity contribution in [1.29, 1.82) is 0 Å². The quantitative estimate of drug-likeness (QED) is 0.475. The number of allylic oxidation sites excluding steroid dienone is 2. The van der Waals surface area contributed by atoms with E-state index in [1.165, 1.54) is 30.3 Å². The number of likely N-dealkylation sites (N-methyl/N-ethyl adjacent to an activating group) is 1. The molecule has 3 rings (SSSR count). The summed E-state index contributed by atoms with van der Waals surface area (Å²) < 4.78 is 29.1. The molecule has 0 radical (unpaired) electrons. The number of hydrogen-bond donors (Lipinski definition) is 2. The summed E-state index contributed by atoms with van der Waals surface area (Å²) in [6, 6.07) is 6.28. The van der Waals surface area contributed by atoms with Crippen molar-refractivity contribution in [1.82, 2.24) is 4.98 Å². The largest absolute Gasteiger partial charge is 0.490 e. The van der Waals surface area contributed by atoms with E-state index in [0.717, 1.165) is 0 Å². The first-order valence-corrected chi connectivity index (χ1v) is 10.8. The lowest BCUT2D eigenvalue weighted by Gasteiger charge is -2.22. The molecule has 1 aliphatic carbocycles. The highest BCUT2D eigenvalue weighted by atomic mass is 35.5. The van der Waals surface area contributed by atoms with Gasteiger partial charge in [-0.2, -0.15) is 3.89 Å². The van der Waals surface area contributed by atoms with Gasteiger partial charge in [0.1, 0.15) is 5.83 Å². The Kier molecular flexibility index (Phi) is 9.70. The number of carbonyl (C=O) groups is 2. The fourth-order valence-electron chi connectivity index (χ4n) is 3.16. The highest BCUT2D eigenvalue weighted by Gasteiger charge is 2.28. The number of nitrogens with two attached hydrogens (primary N) is 1. The Morgan fingerprint density at radius 3 is 2.58 bits per heavy atom. The molecule has 11 heteroatoms. The van der Waals surface area contributed by atoms with E-state index in [9.17, 15) is 17.9 Å². The van der Waals surface area contributed by atoms with E-state index in [4.69, 9.17) is 33.7 Å². The zero-order valence-corrected chi connectivity index (χ0v) is 20.1. The molecule has 6 nitrogen and oxygen atoms in total. The summed E-state index contributed by atoms with van der Waals surface area (Å²) in [5, 5.41) is 0.555. The molecule has 2 amide bonds. The van der Waals surface area contributed by atoms with Gasteiger partial charge in [0.25, 0.3) is 5.91 Å². The summed E-state index contributed by atoms with van der Waals surface area (Å²) in [7, 11) is 1.46. The van der Waals surface area contributed by atoms with E-state index in [0.29, 0.717) is 35.6 Å². The number of hydrogen-bond acceptors (Lipinski definition) is 5. The Labute approximate surface area is 205 Å². The summed E-state index contributed by atoms with van der Waals surface area (Å²) >= 11 is 14.4. The van der Waals surface area contributed by atoms with Crippen molar-refractivity contribution in [2.45, 2.75) is 19.8 Å². The Bertz CT molecular complexity index is 1130. The molecule has 1 aromatic carbocycles. The fourth-order valence-corrected chi connectivity index (χ4v) is 3.67. The van der Waals surface area contributed by atoms with E-state index >= 15 is 0 Å². The van der Waals surface area contributed by atoms with Crippen LogP contribution in [0.2, 0.25) is 5.02 Å². The highest BCUT2D eigenvalue weighted by molar-refractivity contribution is 7.74. The van der Waals surface area contributed by atoms with Crippen LogP contribution in [0, 0.1) is 0 Å². The minimum atomic E-state index is -0.655. The second-order valence-electron chi connectivity index (χ2n) is 6.77. The molecule has 33 heavy (non-hydrogen) atoms. The van der Waals surface area contributed by atoms with Gasteiger partial charge in [-0.05, 0) is 50.1 Å². The van der Waals surface area contributed by atoms with Gasteiger partial charge in [-0.1, -0.05) is 23.2 Å². The molecule has 0 bridgehead atoms. The van der Waals surface area contributed by atoms with E-state index in [1.54, 1.807) is 25.1 Å². The van der Waals surface area contributed by atoms with Crippen LogP contribution in [0.4, 0.5) is 14.1 Å². The van der Waals surface area contributed by atoms with Crippen LogP contribution in [0.25, 0.3) is 11.1 Å². The molecule has 176 valence electrons. The van der Waals surface area contributed by atoms with Crippen molar-refractivity contribution in [3.05, 3.63) is 63.6 Å². The van der Waals surface area contributed by atoms with Gasteiger partial charge < -0.3 is 10.5 Å². The maximum absolute atomic E-state index is 14.3. The Morgan fingerprint density at radius 1 is 1.27 bits per heavy atom. The van der Waals surface area contributed by atoms with Crippen LogP contribution >= 0.6 is 36.2 Å². The van der Waals surface area contributed by atoms with Gasteiger partial charge in [0.15, 0.2) is 11.6 Å². The first-order valence-electron chi connectivity index (χ1n) is 9.66. The molecule has 0 unspecified atom stereocenters. The summed E-state index contributed by atoms with van der Waals surface area (Å²) in [4.78, 5) is 30.0. The Hall–Kier alpha value is -2.62. The van der Waals surface area contributed by atoms with Crippen LogP contribution in [0.5, 0.6) is 5.75 Å². The zero-order chi connectivity index (χ0) is 24.7. The standard InChI is InChI=1S/C22H20Cl2FN3O3.FHS/c1-3-31-18-10-13(14-9-12(20(26)29)7-8-15(14)23)11-27-21(18)28(2)22(30)19-16(24)5-4-6-17(19)25;1-2/h6-11H,3-5H2,1-2H3,(H2,26,29);2H. The number of amides is 2. The number of aromatic nitrogens is 1. The molecular weight excluding hydrogens is 495 g/mol. The number of carbonyl (C=O) groups excluding carboxylic acids is 2. The average molecular weight is 516 g/mol. The Morgan fingerprint density at radius 2 is 1.97 bits per heavy atom. The Balaban J connectivity index is 0.00000187. The molecule has 1 heterocycles. The van der Waals surface area contributed by atoms with Gasteiger partial charge in [0, 0.05) is 53.0 Å². The predicted molar refractivity (Wildman–Crippen MR) is 129 cm³/mol. The number of nitrogens with zero attached hydrogens (tertiary/aromatic N) is 2. The lowest BCUT2D eigenvalue weighted by molar-refractivity contribution is -0.114. The van der Waals surface area contributed by atoms with Crippen LogP contribution in [0.1, 0.15) is 30.1 Å². The fraction of sp³-hybridized carbons (Fsp3) is 0.227. The maximum Gasteiger partial charge on any atom is 0.263 e. The molecular formula is C22H21Cl2F2N3O3S. The average Bonchev–Trinajstić information content (AvgIpc) is 2.80. The summed E-state index contributed by atoms with van der Waals surface area (Å²) in [6.45, 7) is 2.08. The second-order valence-corrected chi connectivity index (χ2v) is 7.64. The summed E-state index contributed by atoms with van der Waals surface area (Å²) in [5.74, 6) is -1.40. The molecule has 2 aromatic rings. The number of anilines is 1. The van der Waals surface area contributed by atoms with E-state index in [1.807, 2.05) is 13.0 Å². The lowest BCUT2D eigenvalue weighted by atomic mass is 10.0. The van der Waals surface area contributed by atoms with Gasteiger partial charge >= 0.3 is 0 Å². The summed E-state index contributed by atoms with van der Waals surface area (Å²) in [5.41, 5.74) is 6.55. The molecule has 0 fully saturated rings. The third-order valence-corrected chi connectivity index (χ3v) is 5.44. The minimum Gasteiger partial charge on any atom is -0.490 e. The monoisotopic (exact) mass is 515 g/mol. The SMILES string of the molecule is CCOc1cc(-c2cc(C(N)=O)ccc2Cl)cnc1N(C)C(=O)C1=C(Cl)CCC=C1F.FS. The van der Waals surface area contributed by atoms with E-state index < -0.39 is 17.6 Å². The van der Waals surface area contributed by atoms with Crippen molar-refractivity contribution >= 4 is 53.8 Å². The topological polar surface area (TPSA) is 85.5 Å². The second kappa shape index (κ2) is 12.0. The molecule has 0 spiro atoms. The number of pyridine rings is 1. The number of halogens is 4. The molecule has 0 saturated heterocycles. The summed E-state index contributed by atoms with van der Waals surface area (Å²) in [6.07, 6.45) is 3.65. The molecule has 1 aromatic heterocycles. The first-order chi connectivity index (χ1) is 15.7. The van der Waals surface area contributed by atoms with Crippen molar-refractivity contribution in [3.63, 3.8) is 0 Å². The van der Waals surface area contributed by atoms with Crippen molar-refractivity contribution < 1.29 is 22.6 Å². The normalized spacial score (nSPS) is 13.0. The minimum absolute atomic E-state index is 0.168. The molecule has 1 aliphatic rings. The third-order valence-electron chi connectivity index (χ3n) is 4.73. The number of rotatable bonds is 6. The van der Waals surface area contributed by atoms with Gasteiger partial charge in [0.05, 0.1) is 12.2 Å². The first kappa shape index (κ1) is 26.6. The van der Waals surface area contributed by atoms with Crippen molar-refractivity contribution in [3.8, 4) is 16.9 Å². The van der Waals surface area contributed by atoms with Crippen LogP contribution < -0.4 is 15.4 Å². The number of thiol groups is 1. The number of benzene rings is 1. The van der Waals surface area contributed by atoms with Crippen molar-refractivity contribution in [2.24, 2.45) is 5.73 Å². The van der Waals surface area contributed by atoms with Gasteiger partial charge in [-0.3, -0.25) is 14.5 Å². The van der Waals surface area contributed by atoms with Gasteiger partial charge in [0.2, 0.25) is 5.91 Å². The molecule has 0 atom stereocenters. The molecule has 0 aliphatic heterocycles. The maximum atomic E-state index is 14.3. The molecule has 2 N–H and O–H groups in total. The van der Waals surface area contributed by atoms with Gasteiger partial charge in [-0.25, -0.2) is 9.37 Å². The van der Waals surface area contributed by atoms with Crippen LogP contribution in [0.3, 0.4) is 0 Å². The molecule has 0 saturated carbocycles. The third kappa shape index (κ3) is 6.04. The van der Waals surface area contributed by atoms with Crippen LogP contribution in [-0.2, 0) is 4.79 Å². The predicted octanol–water partition coefficient (Wildman–Crippen LogP) is 5.80. The smallest absolute Gasteiger partial charge is 0.263 e. The number of primary amides is 1. The van der Waals surface area contributed by atoms with Crippen LogP contribution in [-0.4, -0.2) is 30.5 Å². The zero-order valence-electron chi connectivity index (χ0n) is 17.7. The van der Waals surface area contributed by atoms with Crippen molar-refractivity contribution in [2.75, 3.05) is 18.6 Å².